The Balaban J connectivity index is 2.21. The highest BCUT2D eigenvalue weighted by atomic mass is 35.5. The molecule has 0 bridgehead atoms. The highest BCUT2D eigenvalue weighted by Gasteiger charge is 2.18. The Morgan fingerprint density at radius 1 is 1.45 bits per heavy atom. The number of sulfonamides is 1. The summed E-state index contributed by atoms with van der Waals surface area (Å²) in [6.07, 6.45) is 1.54. The fourth-order valence-electron chi connectivity index (χ4n) is 1.66. The zero-order chi connectivity index (χ0) is 14.8. The van der Waals surface area contributed by atoms with Crippen molar-refractivity contribution >= 4 is 27.3 Å². The number of nitrogens with one attached hydrogen (secondary N) is 1. The number of rotatable bonds is 5. The minimum atomic E-state index is -3.76. The first-order valence-corrected chi connectivity index (χ1v) is 7.71. The third-order valence-corrected chi connectivity index (χ3v) is 4.41. The third-order valence-electron chi connectivity index (χ3n) is 2.72. The molecule has 0 fully saturated rings. The van der Waals surface area contributed by atoms with Gasteiger partial charge in [0.15, 0.2) is 0 Å². The van der Waals surface area contributed by atoms with E-state index in [0.29, 0.717) is 17.4 Å². The fraction of sp³-hybridized carbons (Fsp3) is 0.273. The lowest BCUT2D eigenvalue weighted by atomic mass is 10.3. The van der Waals surface area contributed by atoms with Gasteiger partial charge in [-0.2, -0.15) is 0 Å². The second-order valence-electron chi connectivity index (χ2n) is 4.04. The molecule has 0 radical (unpaired) electrons. The summed E-state index contributed by atoms with van der Waals surface area (Å²) in [5.74, 6) is 0.525. The topological polar surface area (TPSA) is 103 Å². The van der Waals surface area contributed by atoms with Crippen LogP contribution in [0, 0.1) is 0 Å². The predicted octanol–water partition coefficient (Wildman–Crippen LogP) is 1.01. The van der Waals surface area contributed by atoms with Crippen molar-refractivity contribution in [3.8, 4) is 0 Å². The van der Waals surface area contributed by atoms with Crippen molar-refractivity contribution in [1.29, 1.82) is 0 Å². The molecule has 1 aromatic carbocycles. The second-order valence-corrected chi connectivity index (χ2v) is 6.21. The van der Waals surface area contributed by atoms with Gasteiger partial charge in [-0.25, -0.2) is 13.1 Å². The third kappa shape index (κ3) is 3.09. The van der Waals surface area contributed by atoms with Crippen LogP contribution < -0.4 is 10.5 Å². The number of aryl methyl sites for hydroxylation is 1. The molecule has 1 aromatic heterocycles. The Kier molecular flexibility index (Phi) is 4.26. The quantitative estimate of drug-likeness (QED) is 0.802. The molecule has 0 aliphatic rings. The van der Waals surface area contributed by atoms with Crippen LogP contribution in [0.2, 0.25) is 5.02 Å². The monoisotopic (exact) mass is 315 g/mol. The summed E-state index contributed by atoms with van der Waals surface area (Å²) in [7, 11) is -3.76. The predicted molar refractivity (Wildman–Crippen MR) is 75.6 cm³/mol. The minimum absolute atomic E-state index is 0.0299. The van der Waals surface area contributed by atoms with Gasteiger partial charge in [0.25, 0.3) is 0 Å². The lowest BCUT2D eigenvalue weighted by Crippen LogP contribution is -2.25. The van der Waals surface area contributed by atoms with Crippen LogP contribution in [0.25, 0.3) is 0 Å². The van der Waals surface area contributed by atoms with Crippen molar-refractivity contribution in [2.24, 2.45) is 0 Å². The van der Waals surface area contributed by atoms with Gasteiger partial charge >= 0.3 is 0 Å². The van der Waals surface area contributed by atoms with Crippen molar-refractivity contribution < 1.29 is 8.42 Å². The smallest absolute Gasteiger partial charge is 0.243 e. The second kappa shape index (κ2) is 5.78. The molecule has 2 aromatic rings. The van der Waals surface area contributed by atoms with Crippen LogP contribution in [0.3, 0.4) is 0 Å². The van der Waals surface area contributed by atoms with E-state index in [-0.39, 0.29) is 17.1 Å². The molecule has 1 heterocycles. The number of hydrogen-bond acceptors (Lipinski definition) is 5. The number of nitrogen functional groups attached to an aromatic ring is 1. The van der Waals surface area contributed by atoms with Crippen LogP contribution in [0.4, 0.5) is 5.69 Å². The lowest BCUT2D eigenvalue weighted by Gasteiger charge is -2.09. The molecule has 0 aliphatic heterocycles. The van der Waals surface area contributed by atoms with Gasteiger partial charge in [0.05, 0.1) is 12.2 Å². The number of anilines is 1. The van der Waals surface area contributed by atoms with E-state index >= 15 is 0 Å². The van der Waals surface area contributed by atoms with E-state index in [2.05, 4.69) is 14.9 Å². The van der Waals surface area contributed by atoms with Crippen molar-refractivity contribution in [2.45, 2.75) is 24.9 Å². The van der Waals surface area contributed by atoms with Gasteiger partial charge < -0.3 is 10.3 Å². The number of hydrogen-bond donors (Lipinski definition) is 2. The first kappa shape index (κ1) is 14.8. The van der Waals surface area contributed by atoms with Crippen molar-refractivity contribution in [2.75, 3.05) is 5.73 Å². The average Bonchev–Trinajstić information content (AvgIpc) is 2.86. The summed E-state index contributed by atoms with van der Waals surface area (Å²) in [5, 5.41) is 7.88. The zero-order valence-electron chi connectivity index (χ0n) is 10.7. The van der Waals surface area contributed by atoms with Crippen molar-refractivity contribution in [1.82, 2.24) is 19.5 Å². The van der Waals surface area contributed by atoms with Gasteiger partial charge in [0, 0.05) is 11.6 Å². The summed E-state index contributed by atoms with van der Waals surface area (Å²) in [6.45, 7) is 2.60. The average molecular weight is 316 g/mol. The molecule has 0 saturated heterocycles. The van der Waals surface area contributed by atoms with Gasteiger partial charge in [-0.1, -0.05) is 11.6 Å². The van der Waals surface area contributed by atoms with Crippen LogP contribution in [0.15, 0.2) is 29.4 Å². The molecule has 108 valence electrons. The van der Waals surface area contributed by atoms with E-state index in [1.54, 1.807) is 4.57 Å². The summed E-state index contributed by atoms with van der Waals surface area (Å²) >= 11 is 5.80. The van der Waals surface area contributed by atoms with E-state index < -0.39 is 10.0 Å². The molecule has 0 aliphatic carbocycles. The lowest BCUT2D eigenvalue weighted by molar-refractivity contribution is 0.575. The minimum Gasteiger partial charge on any atom is -0.398 e. The summed E-state index contributed by atoms with van der Waals surface area (Å²) < 4.78 is 28.6. The standard InChI is InChI=1S/C11H14ClN5O2S/c1-2-17-7-14-16-11(17)6-15-20(18,19)10-5-8(12)3-4-9(10)13/h3-5,7,15H,2,6,13H2,1H3. The largest absolute Gasteiger partial charge is 0.398 e. The van der Waals surface area contributed by atoms with Gasteiger partial charge in [-0.15, -0.1) is 10.2 Å². The summed E-state index contributed by atoms with van der Waals surface area (Å²) in [6, 6.07) is 4.29. The highest BCUT2D eigenvalue weighted by Crippen LogP contribution is 2.22. The first-order chi connectivity index (χ1) is 9.44. The Hall–Kier alpha value is -1.64. The van der Waals surface area contributed by atoms with E-state index in [0.717, 1.165) is 0 Å². The van der Waals surface area contributed by atoms with Gasteiger partial charge in [-0.3, -0.25) is 0 Å². The van der Waals surface area contributed by atoms with E-state index in [1.807, 2.05) is 6.92 Å². The summed E-state index contributed by atoms with van der Waals surface area (Å²) in [4.78, 5) is -0.0486. The first-order valence-electron chi connectivity index (χ1n) is 5.85. The van der Waals surface area contributed by atoms with Crippen LogP contribution in [-0.4, -0.2) is 23.2 Å². The van der Waals surface area contributed by atoms with Gasteiger partial charge in [0.1, 0.15) is 17.0 Å². The van der Waals surface area contributed by atoms with E-state index in [4.69, 9.17) is 17.3 Å². The Bertz CT molecular complexity index is 713. The number of halogens is 1. The van der Waals surface area contributed by atoms with Crippen molar-refractivity contribution in [3.63, 3.8) is 0 Å². The molecule has 0 spiro atoms. The summed E-state index contributed by atoms with van der Waals surface area (Å²) in [5.41, 5.74) is 5.81. The molecule has 0 unspecified atom stereocenters. The highest BCUT2D eigenvalue weighted by molar-refractivity contribution is 7.89. The number of benzene rings is 1. The number of aromatic nitrogens is 3. The molecule has 0 atom stereocenters. The maximum Gasteiger partial charge on any atom is 0.243 e. The van der Waals surface area contributed by atoms with E-state index in [9.17, 15) is 8.42 Å². The number of nitrogens with zero attached hydrogens (tertiary/aromatic N) is 3. The maximum absolute atomic E-state index is 12.2. The number of nitrogens with two attached hydrogens (primary N) is 1. The molecule has 9 heteroatoms. The Morgan fingerprint density at radius 2 is 2.20 bits per heavy atom. The molecule has 3 N–H and O–H groups in total. The van der Waals surface area contributed by atoms with Crippen LogP contribution >= 0.6 is 11.6 Å². The molecule has 2 rings (SSSR count). The van der Waals surface area contributed by atoms with Crippen LogP contribution in [0.1, 0.15) is 12.7 Å². The van der Waals surface area contributed by atoms with Gasteiger partial charge in [-0.05, 0) is 25.1 Å². The zero-order valence-corrected chi connectivity index (χ0v) is 12.3. The Labute approximate surface area is 121 Å². The molecule has 20 heavy (non-hydrogen) atoms. The molecular weight excluding hydrogens is 302 g/mol. The molecule has 7 nitrogen and oxygen atoms in total. The van der Waals surface area contributed by atoms with E-state index in [1.165, 1.54) is 24.5 Å². The van der Waals surface area contributed by atoms with Crippen molar-refractivity contribution in [3.05, 3.63) is 35.4 Å². The molecule has 0 saturated carbocycles. The maximum atomic E-state index is 12.2. The van der Waals surface area contributed by atoms with Crippen LogP contribution in [-0.2, 0) is 23.1 Å². The van der Waals surface area contributed by atoms with Gasteiger partial charge in [0.2, 0.25) is 10.0 Å². The molecular formula is C11H14ClN5O2S. The van der Waals surface area contributed by atoms with Crippen LogP contribution in [0.5, 0.6) is 0 Å². The molecule has 0 amide bonds. The normalized spacial score (nSPS) is 11.7. The SMILES string of the molecule is CCn1cnnc1CNS(=O)(=O)c1cc(Cl)ccc1N. The Morgan fingerprint density at radius 3 is 2.90 bits per heavy atom. The fourth-order valence-corrected chi connectivity index (χ4v) is 3.03.